The van der Waals surface area contributed by atoms with Crippen LogP contribution in [-0.2, 0) is 6.18 Å². The summed E-state index contributed by atoms with van der Waals surface area (Å²) >= 11 is 4.69. The summed E-state index contributed by atoms with van der Waals surface area (Å²) in [6.07, 6.45) is -4.87. The summed E-state index contributed by atoms with van der Waals surface area (Å²) in [5, 5.41) is 0. The molecule has 0 heterocycles. The van der Waals surface area contributed by atoms with Gasteiger partial charge >= 0.3 is 6.18 Å². The summed E-state index contributed by atoms with van der Waals surface area (Å²) in [5.74, 6) is -2.53. The maximum atomic E-state index is 13.8. The van der Waals surface area contributed by atoms with E-state index in [9.17, 15) is 22.4 Å². The van der Waals surface area contributed by atoms with Crippen LogP contribution in [0, 0.1) is 5.82 Å². The molecule has 0 aliphatic rings. The number of amides is 1. The molecule has 1 aromatic carbocycles. The fourth-order valence-corrected chi connectivity index (χ4v) is 1.63. The van der Waals surface area contributed by atoms with Crippen molar-refractivity contribution in [2.45, 2.75) is 19.1 Å². The third-order valence-electron chi connectivity index (χ3n) is 2.85. The number of thiocarbonyl (C=S) groups is 1. The minimum atomic E-state index is -4.87. The standard InChI is InChI=1S/C12H12F4N2OS/c1-6(10(17)20)18(2)11(19)7-4-3-5-8(9(7)13)12(14,15)16/h3-6H,1-2H3,(H2,17,20). The first-order valence-electron chi connectivity index (χ1n) is 5.49. The summed E-state index contributed by atoms with van der Waals surface area (Å²) in [5.41, 5.74) is 3.19. The number of hydrogen-bond donors (Lipinski definition) is 1. The second-order valence-electron chi connectivity index (χ2n) is 4.16. The first-order valence-corrected chi connectivity index (χ1v) is 5.90. The number of benzene rings is 1. The quantitative estimate of drug-likeness (QED) is 0.689. The van der Waals surface area contributed by atoms with Crippen LogP contribution in [-0.4, -0.2) is 28.9 Å². The fourth-order valence-electron chi connectivity index (χ4n) is 1.47. The number of halogens is 4. The van der Waals surface area contributed by atoms with Gasteiger partial charge in [-0.25, -0.2) is 4.39 Å². The fraction of sp³-hybridized carbons (Fsp3) is 0.333. The van der Waals surface area contributed by atoms with Gasteiger partial charge in [-0.3, -0.25) is 4.79 Å². The highest BCUT2D eigenvalue weighted by Crippen LogP contribution is 2.32. The molecule has 0 aliphatic heterocycles. The molecule has 0 saturated carbocycles. The Morgan fingerprint density at radius 1 is 1.40 bits per heavy atom. The predicted octanol–water partition coefficient (Wildman–Crippen LogP) is 2.59. The molecule has 0 radical (unpaired) electrons. The molecule has 0 aliphatic carbocycles. The van der Waals surface area contributed by atoms with Crippen LogP contribution in [0.3, 0.4) is 0 Å². The predicted molar refractivity (Wildman–Crippen MR) is 69.7 cm³/mol. The van der Waals surface area contributed by atoms with Crippen LogP contribution in [0.1, 0.15) is 22.8 Å². The van der Waals surface area contributed by atoms with Crippen molar-refractivity contribution in [2.75, 3.05) is 7.05 Å². The molecule has 0 fully saturated rings. The molecule has 1 rings (SSSR count). The third kappa shape index (κ3) is 3.24. The molecule has 110 valence electrons. The Bertz CT molecular complexity index is 545. The number of nitrogens with two attached hydrogens (primary N) is 1. The molecule has 1 aromatic rings. The van der Waals surface area contributed by atoms with Crippen LogP contribution in [0.2, 0.25) is 0 Å². The number of likely N-dealkylation sites (N-methyl/N-ethyl adjacent to an activating group) is 1. The summed E-state index contributed by atoms with van der Waals surface area (Å²) in [6.45, 7) is 1.49. The van der Waals surface area contributed by atoms with Crippen molar-refractivity contribution in [2.24, 2.45) is 5.73 Å². The SMILES string of the molecule is CC(C(N)=S)N(C)C(=O)c1cccc(C(F)(F)F)c1F. The minimum absolute atomic E-state index is 0.0202. The lowest BCUT2D eigenvalue weighted by molar-refractivity contribution is -0.140. The Kier molecular flexibility index (Phi) is 4.69. The Morgan fingerprint density at radius 3 is 2.40 bits per heavy atom. The van der Waals surface area contributed by atoms with Gasteiger partial charge in [0.25, 0.3) is 5.91 Å². The van der Waals surface area contributed by atoms with Gasteiger partial charge in [-0.15, -0.1) is 0 Å². The number of carbonyl (C=O) groups is 1. The number of alkyl halides is 3. The molecular formula is C12H12F4N2OS. The zero-order chi connectivity index (χ0) is 15.7. The van der Waals surface area contributed by atoms with E-state index in [1.165, 1.54) is 14.0 Å². The van der Waals surface area contributed by atoms with Crippen molar-refractivity contribution < 1.29 is 22.4 Å². The Hall–Kier alpha value is -1.70. The van der Waals surface area contributed by atoms with Gasteiger partial charge in [-0.1, -0.05) is 18.3 Å². The number of nitrogens with zero attached hydrogens (tertiary/aromatic N) is 1. The Balaban J connectivity index is 3.22. The Morgan fingerprint density at radius 2 is 1.95 bits per heavy atom. The van der Waals surface area contributed by atoms with E-state index in [0.29, 0.717) is 6.07 Å². The van der Waals surface area contributed by atoms with Gasteiger partial charge in [0.1, 0.15) is 5.82 Å². The highest BCUT2D eigenvalue weighted by atomic mass is 32.1. The van der Waals surface area contributed by atoms with Gasteiger partial charge in [-0.05, 0) is 19.1 Å². The molecule has 0 aromatic heterocycles. The lowest BCUT2D eigenvalue weighted by Gasteiger charge is -2.24. The topological polar surface area (TPSA) is 46.3 Å². The summed E-state index contributed by atoms with van der Waals surface area (Å²) in [4.78, 5) is 13.0. The van der Waals surface area contributed by atoms with E-state index in [1.54, 1.807) is 0 Å². The molecule has 2 N–H and O–H groups in total. The monoisotopic (exact) mass is 308 g/mol. The van der Waals surface area contributed by atoms with Crippen molar-refractivity contribution in [1.82, 2.24) is 4.90 Å². The summed E-state index contributed by atoms with van der Waals surface area (Å²) < 4.78 is 51.5. The maximum Gasteiger partial charge on any atom is 0.419 e. The number of rotatable bonds is 3. The van der Waals surface area contributed by atoms with Gasteiger partial charge in [0.15, 0.2) is 0 Å². The Labute approximate surface area is 118 Å². The van der Waals surface area contributed by atoms with Gasteiger partial charge in [0.2, 0.25) is 0 Å². The van der Waals surface area contributed by atoms with Crippen molar-refractivity contribution in [3.05, 3.63) is 35.1 Å². The normalized spacial score (nSPS) is 12.9. The largest absolute Gasteiger partial charge is 0.419 e. The summed E-state index contributed by atoms with van der Waals surface area (Å²) in [7, 11) is 1.28. The van der Waals surface area contributed by atoms with E-state index in [2.05, 4.69) is 0 Å². The van der Waals surface area contributed by atoms with E-state index in [4.69, 9.17) is 18.0 Å². The van der Waals surface area contributed by atoms with E-state index in [1.807, 2.05) is 0 Å². The molecule has 0 spiro atoms. The van der Waals surface area contributed by atoms with E-state index >= 15 is 0 Å². The molecule has 8 heteroatoms. The second-order valence-corrected chi connectivity index (χ2v) is 4.63. The maximum absolute atomic E-state index is 13.8. The number of hydrogen-bond acceptors (Lipinski definition) is 2. The van der Waals surface area contributed by atoms with Crippen LogP contribution < -0.4 is 5.73 Å². The van der Waals surface area contributed by atoms with Crippen LogP contribution in [0.4, 0.5) is 17.6 Å². The molecule has 3 nitrogen and oxygen atoms in total. The van der Waals surface area contributed by atoms with Gasteiger partial charge in [0, 0.05) is 7.05 Å². The number of carbonyl (C=O) groups excluding carboxylic acids is 1. The average molecular weight is 308 g/mol. The highest BCUT2D eigenvalue weighted by molar-refractivity contribution is 7.80. The molecule has 1 atom stereocenters. The molecule has 0 saturated heterocycles. The lowest BCUT2D eigenvalue weighted by Crippen LogP contribution is -2.43. The molecule has 20 heavy (non-hydrogen) atoms. The lowest BCUT2D eigenvalue weighted by atomic mass is 10.1. The molecule has 1 unspecified atom stereocenters. The van der Waals surface area contributed by atoms with Crippen LogP contribution in [0.25, 0.3) is 0 Å². The first kappa shape index (κ1) is 16.4. The molecular weight excluding hydrogens is 296 g/mol. The van der Waals surface area contributed by atoms with E-state index in [0.717, 1.165) is 17.0 Å². The van der Waals surface area contributed by atoms with E-state index < -0.39 is 35.1 Å². The zero-order valence-corrected chi connectivity index (χ0v) is 11.5. The highest BCUT2D eigenvalue weighted by Gasteiger charge is 2.36. The van der Waals surface area contributed by atoms with Crippen molar-refractivity contribution >= 4 is 23.1 Å². The second kappa shape index (κ2) is 5.74. The minimum Gasteiger partial charge on any atom is -0.392 e. The van der Waals surface area contributed by atoms with Gasteiger partial charge < -0.3 is 10.6 Å². The van der Waals surface area contributed by atoms with Gasteiger partial charge in [-0.2, -0.15) is 13.2 Å². The van der Waals surface area contributed by atoms with Crippen molar-refractivity contribution in [3.63, 3.8) is 0 Å². The van der Waals surface area contributed by atoms with Crippen molar-refractivity contribution in [1.29, 1.82) is 0 Å². The van der Waals surface area contributed by atoms with Crippen LogP contribution in [0.15, 0.2) is 18.2 Å². The van der Waals surface area contributed by atoms with Crippen LogP contribution >= 0.6 is 12.2 Å². The van der Waals surface area contributed by atoms with Crippen LogP contribution in [0.5, 0.6) is 0 Å². The van der Waals surface area contributed by atoms with Crippen molar-refractivity contribution in [3.8, 4) is 0 Å². The summed E-state index contributed by atoms with van der Waals surface area (Å²) in [6, 6.07) is 1.82. The molecule has 1 amide bonds. The first-order chi connectivity index (χ1) is 9.07. The van der Waals surface area contributed by atoms with Gasteiger partial charge in [0.05, 0.1) is 22.2 Å². The average Bonchev–Trinajstić information content (AvgIpc) is 2.34. The molecule has 0 bridgehead atoms. The zero-order valence-electron chi connectivity index (χ0n) is 10.7. The van der Waals surface area contributed by atoms with E-state index in [-0.39, 0.29) is 4.99 Å². The third-order valence-corrected chi connectivity index (χ3v) is 3.19. The smallest absolute Gasteiger partial charge is 0.392 e.